The van der Waals surface area contributed by atoms with Gasteiger partial charge < -0.3 is 10.4 Å². The highest BCUT2D eigenvalue weighted by atomic mass is 79.9. The van der Waals surface area contributed by atoms with E-state index in [1.165, 1.54) is 23.3 Å². The third-order valence-corrected chi connectivity index (χ3v) is 5.75. The van der Waals surface area contributed by atoms with Gasteiger partial charge in [-0.15, -0.1) is 0 Å². The topological polar surface area (TPSA) is 32.3 Å². The quantitative estimate of drug-likeness (QED) is 0.838. The third-order valence-electron chi connectivity index (χ3n) is 3.79. The molecular weight excluding hydrogens is 346 g/mol. The second kappa shape index (κ2) is 6.86. The molecule has 0 aromatic heterocycles. The van der Waals surface area contributed by atoms with Gasteiger partial charge in [-0.3, -0.25) is 0 Å². The van der Waals surface area contributed by atoms with Gasteiger partial charge in [0.2, 0.25) is 0 Å². The summed E-state index contributed by atoms with van der Waals surface area (Å²) in [5.74, 6) is 1.52. The highest BCUT2D eigenvalue weighted by Crippen LogP contribution is 2.40. The average Bonchev–Trinajstić information content (AvgIpc) is 2.96. The van der Waals surface area contributed by atoms with Crippen molar-refractivity contribution in [2.45, 2.75) is 24.3 Å². The van der Waals surface area contributed by atoms with Crippen LogP contribution >= 0.6 is 27.7 Å². The molecule has 0 bridgehead atoms. The molecule has 0 aliphatic carbocycles. The van der Waals surface area contributed by atoms with Gasteiger partial charge in [0.05, 0.1) is 0 Å². The maximum atomic E-state index is 9.41. The lowest BCUT2D eigenvalue weighted by molar-refractivity contribution is 0.474. The zero-order chi connectivity index (χ0) is 14.7. The monoisotopic (exact) mass is 363 g/mol. The first-order valence-electron chi connectivity index (χ1n) is 7.11. The average molecular weight is 364 g/mol. The molecule has 2 nitrogen and oxygen atoms in total. The number of hydrogen-bond acceptors (Lipinski definition) is 3. The fourth-order valence-corrected chi connectivity index (χ4v) is 4.36. The van der Waals surface area contributed by atoms with Crippen molar-refractivity contribution in [1.82, 2.24) is 5.32 Å². The van der Waals surface area contributed by atoms with Crippen LogP contribution in [0.3, 0.4) is 0 Å². The second-order valence-corrected chi connectivity index (χ2v) is 7.45. The van der Waals surface area contributed by atoms with Crippen LogP contribution in [0.15, 0.2) is 53.0 Å². The van der Waals surface area contributed by atoms with E-state index in [1.54, 1.807) is 12.1 Å². The third kappa shape index (κ3) is 3.82. The molecule has 1 heterocycles. The van der Waals surface area contributed by atoms with E-state index in [9.17, 15) is 5.11 Å². The Morgan fingerprint density at radius 3 is 2.52 bits per heavy atom. The smallest absolute Gasteiger partial charge is 0.115 e. The summed E-state index contributed by atoms with van der Waals surface area (Å²) >= 11 is 5.46. The van der Waals surface area contributed by atoms with Crippen molar-refractivity contribution >= 4 is 27.7 Å². The van der Waals surface area contributed by atoms with Crippen LogP contribution in [0, 0.1) is 0 Å². The molecule has 110 valence electrons. The minimum absolute atomic E-state index is 0.334. The molecule has 1 aliphatic rings. The molecule has 0 radical (unpaired) electrons. The SMILES string of the molecule is Oc1ccc(C2SCCC2NCc2ccc(Br)cc2)cc1. The van der Waals surface area contributed by atoms with Crippen molar-refractivity contribution in [3.05, 3.63) is 64.1 Å². The van der Waals surface area contributed by atoms with E-state index in [2.05, 4.69) is 45.5 Å². The summed E-state index contributed by atoms with van der Waals surface area (Å²) in [5.41, 5.74) is 2.60. The molecule has 0 saturated carbocycles. The van der Waals surface area contributed by atoms with Crippen LogP contribution in [0.5, 0.6) is 5.75 Å². The van der Waals surface area contributed by atoms with E-state index in [4.69, 9.17) is 0 Å². The van der Waals surface area contributed by atoms with E-state index in [0.717, 1.165) is 11.0 Å². The van der Waals surface area contributed by atoms with Gasteiger partial charge in [-0.05, 0) is 47.6 Å². The Hall–Kier alpha value is -0.970. The molecule has 2 N–H and O–H groups in total. The Labute approximate surface area is 138 Å². The Morgan fingerprint density at radius 2 is 1.81 bits per heavy atom. The van der Waals surface area contributed by atoms with Crippen LogP contribution in [-0.4, -0.2) is 16.9 Å². The highest BCUT2D eigenvalue weighted by Gasteiger charge is 2.28. The van der Waals surface area contributed by atoms with Crippen molar-refractivity contribution < 1.29 is 5.11 Å². The molecule has 2 atom stereocenters. The summed E-state index contributed by atoms with van der Waals surface area (Å²) in [7, 11) is 0. The molecule has 2 aromatic rings. The summed E-state index contributed by atoms with van der Waals surface area (Å²) in [5, 5.41) is 13.6. The highest BCUT2D eigenvalue weighted by molar-refractivity contribution is 9.10. The minimum atomic E-state index is 0.334. The molecule has 3 rings (SSSR count). The number of phenols is 1. The van der Waals surface area contributed by atoms with Crippen LogP contribution in [0.25, 0.3) is 0 Å². The standard InChI is InChI=1S/C17H18BrNOS/c18-14-5-1-12(2-6-14)11-19-16-9-10-21-17(16)13-3-7-15(20)8-4-13/h1-8,16-17,19-20H,9-11H2. The predicted octanol–water partition coefficient (Wildman–Crippen LogP) is 4.49. The van der Waals surface area contributed by atoms with Gasteiger partial charge in [-0.1, -0.05) is 40.2 Å². The second-order valence-electron chi connectivity index (χ2n) is 5.29. The largest absolute Gasteiger partial charge is 0.508 e. The first-order valence-corrected chi connectivity index (χ1v) is 8.95. The van der Waals surface area contributed by atoms with Gasteiger partial charge in [-0.25, -0.2) is 0 Å². The minimum Gasteiger partial charge on any atom is -0.508 e. The normalized spacial score (nSPS) is 21.6. The zero-order valence-electron chi connectivity index (χ0n) is 11.6. The number of thioether (sulfide) groups is 1. The molecule has 1 fully saturated rings. The van der Waals surface area contributed by atoms with Crippen molar-refractivity contribution in [2.75, 3.05) is 5.75 Å². The number of phenolic OH excluding ortho intramolecular Hbond substituents is 1. The number of hydrogen-bond donors (Lipinski definition) is 2. The van der Waals surface area contributed by atoms with Gasteiger partial charge in [0.25, 0.3) is 0 Å². The molecule has 2 unspecified atom stereocenters. The maximum Gasteiger partial charge on any atom is 0.115 e. The van der Waals surface area contributed by atoms with E-state index in [0.29, 0.717) is 17.0 Å². The van der Waals surface area contributed by atoms with Crippen LogP contribution in [0.2, 0.25) is 0 Å². The summed E-state index contributed by atoms with van der Waals surface area (Å²) < 4.78 is 1.12. The van der Waals surface area contributed by atoms with Crippen LogP contribution in [-0.2, 0) is 6.54 Å². The van der Waals surface area contributed by atoms with E-state index in [1.807, 2.05) is 23.9 Å². The van der Waals surface area contributed by atoms with Crippen molar-refractivity contribution in [3.63, 3.8) is 0 Å². The van der Waals surface area contributed by atoms with Gasteiger partial charge in [0.15, 0.2) is 0 Å². The van der Waals surface area contributed by atoms with Crippen molar-refractivity contribution in [2.24, 2.45) is 0 Å². The van der Waals surface area contributed by atoms with Gasteiger partial charge in [0, 0.05) is 22.3 Å². The zero-order valence-corrected chi connectivity index (χ0v) is 14.0. The van der Waals surface area contributed by atoms with Gasteiger partial charge >= 0.3 is 0 Å². The molecule has 0 amide bonds. The Morgan fingerprint density at radius 1 is 1.10 bits per heavy atom. The van der Waals surface area contributed by atoms with E-state index in [-0.39, 0.29) is 0 Å². The number of halogens is 1. The fraction of sp³-hybridized carbons (Fsp3) is 0.294. The molecule has 0 spiro atoms. The fourth-order valence-electron chi connectivity index (χ4n) is 2.64. The van der Waals surface area contributed by atoms with E-state index < -0.39 is 0 Å². The van der Waals surface area contributed by atoms with Crippen LogP contribution in [0.1, 0.15) is 22.8 Å². The molecule has 1 saturated heterocycles. The summed E-state index contributed by atoms with van der Waals surface area (Å²) in [4.78, 5) is 0. The summed E-state index contributed by atoms with van der Waals surface area (Å²) in [6, 6.07) is 16.6. The van der Waals surface area contributed by atoms with Crippen LogP contribution in [0.4, 0.5) is 0 Å². The lowest BCUT2D eigenvalue weighted by Crippen LogP contribution is -2.30. The molecular formula is C17H18BrNOS. The molecule has 2 aromatic carbocycles. The van der Waals surface area contributed by atoms with E-state index >= 15 is 0 Å². The lowest BCUT2D eigenvalue weighted by Gasteiger charge is -2.21. The summed E-state index contributed by atoms with van der Waals surface area (Å²) in [6.07, 6.45) is 1.19. The van der Waals surface area contributed by atoms with Crippen LogP contribution < -0.4 is 5.32 Å². The number of rotatable bonds is 4. The number of nitrogens with one attached hydrogen (secondary N) is 1. The maximum absolute atomic E-state index is 9.41. The van der Waals surface area contributed by atoms with Crippen molar-refractivity contribution in [1.29, 1.82) is 0 Å². The lowest BCUT2D eigenvalue weighted by atomic mass is 10.0. The van der Waals surface area contributed by atoms with Gasteiger partial charge in [0.1, 0.15) is 5.75 Å². The molecule has 1 aliphatic heterocycles. The predicted molar refractivity (Wildman–Crippen MR) is 92.7 cm³/mol. The first kappa shape index (κ1) is 14.9. The number of aromatic hydroxyl groups is 1. The number of benzene rings is 2. The molecule has 4 heteroatoms. The van der Waals surface area contributed by atoms with Gasteiger partial charge in [-0.2, -0.15) is 11.8 Å². The Balaban J connectivity index is 1.64. The van der Waals surface area contributed by atoms with Crippen molar-refractivity contribution in [3.8, 4) is 5.75 Å². The Kier molecular flexibility index (Phi) is 4.88. The molecule has 21 heavy (non-hydrogen) atoms. The first-order chi connectivity index (χ1) is 10.2. The Bertz CT molecular complexity index is 585. The summed E-state index contributed by atoms with van der Waals surface area (Å²) in [6.45, 7) is 0.896.